The Bertz CT molecular complexity index is 1510. The molecule has 0 saturated heterocycles. The number of carbonyl (C=O) groups excluding carboxylic acids is 1. The number of fused-ring (bicyclic) bond motifs is 4. The summed E-state index contributed by atoms with van der Waals surface area (Å²) in [5, 5.41) is 10.5. The van der Waals surface area contributed by atoms with Crippen molar-refractivity contribution in [2.75, 3.05) is 5.32 Å². The van der Waals surface area contributed by atoms with Crippen LogP contribution in [0, 0.1) is 6.92 Å². The molecule has 0 fully saturated rings. The van der Waals surface area contributed by atoms with Gasteiger partial charge in [-0.1, -0.05) is 35.9 Å². The zero-order valence-corrected chi connectivity index (χ0v) is 16.6. The smallest absolute Gasteiger partial charge is 0.274 e. The Morgan fingerprint density at radius 1 is 0.967 bits per heavy atom. The Hall–Kier alpha value is -3.93. The van der Waals surface area contributed by atoms with E-state index in [1.807, 2.05) is 67.6 Å². The third kappa shape index (κ3) is 3.03. The monoisotopic (exact) mass is 397 g/mol. The van der Waals surface area contributed by atoms with Gasteiger partial charge in [0.05, 0.1) is 17.5 Å². The van der Waals surface area contributed by atoms with Gasteiger partial charge in [-0.2, -0.15) is 5.10 Å². The van der Waals surface area contributed by atoms with Crippen LogP contribution in [-0.2, 0) is 18.3 Å². The third-order valence-electron chi connectivity index (χ3n) is 5.27. The number of aromatic nitrogens is 2. The summed E-state index contributed by atoms with van der Waals surface area (Å²) in [6, 6.07) is 19.0. The van der Waals surface area contributed by atoms with Gasteiger partial charge in [0.1, 0.15) is 11.2 Å². The van der Waals surface area contributed by atoms with Crippen molar-refractivity contribution in [2.45, 2.75) is 13.3 Å². The lowest BCUT2D eigenvalue weighted by Crippen LogP contribution is -2.24. The molecule has 1 N–H and O–H groups in total. The van der Waals surface area contributed by atoms with Crippen molar-refractivity contribution < 1.29 is 9.21 Å². The van der Waals surface area contributed by atoms with Gasteiger partial charge in [-0.25, -0.2) is 4.68 Å². The maximum atomic E-state index is 12.8. The Kier molecular flexibility index (Phi) is 4.13. The molecule has 0 aliphatic rings. The third-order valence-corrected chi connectivity index (χ3v) is 5.27. The summed E-state index contributed by atoms with van der Waals surface area (Å²) in [6.45, 7) is 1.93. The van der Waals surface area contributed by atoms with Gasteiger partial charge in [-0.3, -0.25) is 9.59 Å². The van der Waals surface area contributed by atoms with Gasteiger partial charge >= 0.3 is 0 Å². The molecule has 1 amide bonds. The van der Waals surface area contributed by atoms with E-state index in [9.17, 15) is 9.59 Å². The van der Waals surface area contributed by atoms with Crippen LogP contribution in [0.2, 0.25) is 0 Å². The highest BCUT2D eigenvalue weighted by atomic mass is 16.3. The second kappa shape index (κ2) is 6.84. The van der Waals surface area contributed by atoms with Crippen LogP contribution < -0.4 is 10.9 Å². The first-order valence-electron chi connectivity index (χ1n) is 9.67. The Labute approximate surface area is 171 Å². The molecule has 0 atom stereocenters. The zero-order chi connectivity index (χ0) is 20.8. The maximum absolute atomic E-state index is 12.8. The maximum Gasteiger partial charge on any atom is 0.274 e. The molecule has 148 valence electrons. The average Bonchev–Trinajstić information content (AvgIpc) is 3.10. The fourth-order valence-electron chi connectivity index (χ4n) is 3.83. The minimum atomic E-state index is -0.199. The summed E-state index contributed by atoms with van der Waals surface area (Å²) >= 11 is 0. The molecule has 6 heteroatoms. The van der Waals surface area contributed by atoms with E-state index in [0.29, 0.717) is 22.2 Å². The number of hydrogen-bond acceptors (Lipinski definition) is 4. The van der Waals surface area contributed by atoms with Gasteiger partial charge < -0.3 is 9.73 Å². The second-order valence-corrected chi connectivity index (χ2v) is 7.46. The van der Waals surface area contributed by atoms with E-state index in [4.69, 9.17) is 4.42 Å². The van der Waals surface area contributed by atoms with Crippen LogP contribution in [-0.4, -0.2) is 15.7 Å². The fraction of sp³-hybridized carbons (Fsp3) is 0.125. The standard InChI is InChI=1S/C24H19N3O3/c1-14-7-9-16-19(11-14)24(29)27(2)26-20(16)13-23(28)25-15-8-10-22-18(12-15)17-5-3-4-6-21(17)30-22/h3-12H,13H2,1-2H3,(H,25,28). The molecule has 5 rings (SSSR count). The molecular weight excluding hydrogens is 378 g/mol. The molecule has 6 nitrogen and oxygen atoms in total. The highest BCUT2D eigenvalue weighted by Gasteiger charge is 2.14. The molecule has 5 aromatic rings. The van der Waals surface area contributed by atoms with Crippen molar-refractivity contribution in [2.24, 2.45) is 7.05 Å². The minimum absolute atomic E-state index is 0.0673. The van der Waals surface area contributed by atoms with E-state index in [2.05, 4.69) is 10.4 Å². The number of para-hydroxylation sites is 1. The van der Waals surface area contributed by atoms with E-state index in [1.165, 1.54) is 4.68 Å². The molecule has 0 spiro atoms. The molecule has 0 unspecified atom stereocenters. The minimum Gasteiger partial charge on any atom is -0.456 e. The number of carbonyl (C=O) groups is 1. The number of hydrogen-bond donors (Lipinski definition) is 1. The Balaban J connectivity index is 1.47. The molecule has 30 heavy (non-hydrogen) atoms. The molecule has 2 heterocycles. The number of benzene rings is 3. The Morgan fingerprint density at radius 3 is 2.63 bits per heavy atom. The molecule has 0 aliphatic heterocycles. The van der Waals surface area contributed by atoms with Gasteiger partial charge in [0, 0.05) is 28.9 Å². The number of aryl methyl sites for hydroxylation is 2. The van der Waals surface area contributed by atoms with Gasteiger partial charge in [0.15, 0.2) is 0 Å². The van der Waals surface area contributed by atoms with Crippen LogP contribution in [0.5, 0.6) is 0 Å². The van der Waals surface area contributed by atoms with Crippen LogP contribution in [0.25, 0.3) is 32.7 Å². The highest BCUT2D eigenvalue weighted by molar-refractivity contribution is 6.07. The number of amides is 1. The summed E-state index contributed by atoms with van der Waals surface area (Å²) in [5.74, 6) is -0.199. The molecule has 2 aromatic heterocycles. The summed E-state index contributed by atoms with van der Waals surface area (Å²) in [6.07, 6.45) is 0.0673. The molecular formula is C24H19N3O3. The molecule has 3 aromatic carbocycles. The first-order valence-corrected chi connectivity index (χ1v) is 9.67. The van der Waals surface area contributed by atoms with E-state index >= 15 is 0 Å². The van der Waals surface area contributed by atoms with Gasteiger partial charge in [0.2, 0.25) is 5.91 Å². The lowest BCUT2D eigenvalue weighted by Gasteiger charge is -2.09. The van der Waals surface area contributed by atoms with Gasteiger partial charge in [0.25, 0.3) is 5.56 Å². The largest absolute Gasteiger partial charge is 0.456 e. The molecule has 0 saturated carbocycles. The van der Waals surface area contributed by atoms with Crippen LogP contribution in [0.4, 0.5) is 5.69 Å². The predicted octanol–water partition coefficient (Wildman–Crippen LogP) is 4.32. The van der Waals surface area contributed by atoms with Crippen LogP contribution in [0.15, 0.2) is 69.9 Å². The summed E-state index contributed by atoms with van der Waals surface area (Å²) in [5.41, 5.74) is 3.66. The topological polar surface area (TPSA) is 77.1 Å². The highest BCUT2D eigenvalue weighted by Crippen LogP contribution is 2.30. The first kappa shape index (κ1) is 18.1. The Morgan fingerprint density at radius 2 is 1.77 bits per heavy atom. The normalized spacial score (nSPS) is 11.4. The number of nitrogens with zero attached hydrogens (tertiary/aromatic N) is 2. The van der Waals surface area contributed by atoms with Gasteiger partial charge in [-0.05, 0) is 37.3 Å². The quantitative estimate of drug-likeness (QED) is 0.492. The molecule has 0 bridgehead atoms. The lowest BCUT2D eigenvalue weighted by atomic mass is 10.1. The SMILES string of the molecule is Cc1ccc2c(CC(=O)Nc3ccc4oc5ccccc5c4c3)nn(C)c(=O)c2c1. The van der Waals surface area contributed by atoms with Crippen molar-refractivity contribution in [3.05, 3.63) is 82.3 Å². The van der Waals surface area contributed by atoms with E-state index in [-0.39, 0.29) is 17.9 Å². The number of furan rings is 1. The molecule has 0 aliphatic carbocycles. The van der Waals surface area contributed by atoms with Gasteiger partial charge in [-0.15, -0.1) is 0 Å². The first-order chi connectivity index (χ1) is 14.5. The second-order valence-electron chi connectivity index (χ2n) is 7.46. The molecule has 0 radical (unpaired) electrons. The van der Waals surface area contributed by atoms with Crippen LogP contribution in [0.3, 0.4) is 0 Å². The van der Waals surface area contributed by atoms with Crippen molar-refractivity contribution in [1.29, 1.82) is 0 Å². The van der Waals surface area contributed by atoms with E-state index in [1.54, 1.807) is 7.05 Å². The lowest BCUT2D eigenvalue weighted by molar-refractivity contribution is -0.115. The van der Waals surface area contributed by atoms with E-state index < -0.39 is 0 Å². The number of rotatable bonds is 3. The van der Waals surface area contributed by atoms with Crippen molar-refractivity contribution in [1.82, 2.24) is 9.78 Å². The van der Waals surface area contributed by atoms with Crippen molar-refractivity contribution >= 4 is 44.3 Å². The van der Waals surface area contributed by atoms with Crippen molar-refractivity contribution in [3.63, 3.8) is 0 Å². The number of anilines is 1. The summed E-state index contributed by atoms with van der Waals surface area (Å²) in [4.78, 5) is 25.2. The fourth-order valence-corrected chi connectivity index (χ4v) is 3.83. The van der Waals surface area contributed by atoms with Crippen LogP contribution in [0.1, 0.15) is 11.3 Å². The predicted molar refractivity (Wildman–Crippen MR) is 118 cm³/mol. The van der Waals surface area contributed by atoms with Crippen LogP contribution >= 0.6 is 0 Å². The van der Waals surface area contributed by atoms with E-state index in [0.717, 1.165) is 27.5 Å². The average molecular weight is 397 g/mol. The van der Waals surface area contributed by atoms with Crippen molar-refractivity contribution in [3.8, 4) is 0 Å². The number of nitrogens with one attached hydrogen (secondary N) is 1. The summed E-state index contributed by atoms with van der Waals surface area (Å²) < 4.78 is 7.12. The summed E-state index contributed by atoms with van der Waals surface area (Å²) in [7, 11) is 1.60. The zero-order valence-electron chi connectivity index (χ0n) is 16.6.